The summed E-state index contributed by atoms with van der Waals surface area (Å²) in [5.41, 5.74) is 1.80. The number of carbonyl (C=O) groups is 1. The second-order valence-corrected chi connectivity index (χ2v) is 6.01. The highest BCUT2D eigenvalue weighted by atomic mass is 16.1. The molecular weight excluding hydrogens is 300 g/mol. The zero-order chi connectivity index (χ0) is 17.2. The fraction of sp³-hybridized carbons (Fsp3) is 0.368. The van der Waals surface area contributed by atoms with Gasteiger partial charge in [0.15, 0.2) is 0 Å². The molecule has 128 valence electrons. The topological polar surface area (TPSA) is 57.3 Å². The molecule has 0 saturated carbocycles. The molecule has 2 aromatic rings. The number of hydrogen-bond donors (Lipinski definition) is 2. The molecule has 1 amide bonds. The second-order valence-electron chi connectivity index (χ2n) is 6.01. The van der Waals surface area contributed by atoms with Crippen LogP contribution in [0.25, 0.3) is 0 Å². The minimum absolute atomic E-state index is 0.0856. The van der Waals surface area contributed by atoms with Crippen LogP contribution in [-0.4, -0.2) is 49.5 Å². The van der Waals surface area contributed by atoms with Gasteiger partial charge in [-0.15, -0.1) is 0 Å². The summed E-state index contributed by atoms with van der Waals surface area (Å²) in [5, 5.41) is 6.19. The highest BCUT2D eigenvalue weighted by Crippen LogP contribution is 2.05. The molecule has 24 heavy (non-hydrogen) atoms. The minimum atomic E-state index is -0.0856. The number of anilines is 1. The highest BCUT2D eigenvalue weighted by Gasteiger charge is 2.05. The number of benzene rings is 1. The summed E-state index contributed by atoms with van der Waals surface area (Å²) in [4.78, 5) is 18.6. The Bertz CT molecular complexity index is 611. The lowest BCUT2D eigenvalue weighted by molar-refractivity contribution is 0.0954. The van der Waals surface area contributed by atoms with Gasteiger partial charge in [0.25, 0.3) is 5.91 Å². The van der Waals surface area contributed by atoms with Gasteiger partial charge in [0.1, 0.15) is 5.82 Å². The summed E-state index contributed by atoms with van der Waals surface area (Å²) in [6, 6.07) is 13.8. The number of nitrogens with one attached hydrogen (secondary N) is 2. The molecule has 5 nitrogen and oxygen atoms in total. The summed E-state index contributed by atoms with van der Waals surface area (Å²) in [5.74, 6) is 0.715. The van der Waals surface area contributed by atoms with Gasteiger partial charge in [0, 0.05) is 19.3 Å². The molecular formula is C19H26N4O. The number of carbonyl (C=O) groups excluding carboxylic acids is 1. The van der Waals surface area contributed by atoms with Crippen LogP contribution in [0.3, 0.4) is 0 Å². The monoisotopic (exact) mass is 326 g/mol. The van der Waals surface area contributed by atoms with Gasteiger partial charge in [-0.05, 0) is 51.2 Å². The highest BCUT2D eigenvalue weighted by molar-refractivity contribution is 5.94. The standard InChI is InChI=1S/C19H26N4O/c1-23(2)14-6-12-20-18-10-9-17(15-22-18)19(24)21-13-11-16-7-4-3-5-8-16/h3-5,7-10,15H,6,11-14H2,1-2H3,(H,20,22)(H,21,24). The first-order valence-corrected chi connectivity index (χ1v) is 8.32. The molecule has 0 saturated heterocycles. The van der Waals surface area contributed by atoms with E-state index in [0.29, 0.717) is 12.1 Å². The van der Waals surface area contributed by atoms with Crippen LogP contribution >= 0.6 is 0 Å². The molecule has 0 radical (unpaired) electrons. The summed E-state index contributed by atoms with van der Waals surface area (Å²) in [6.45, 7) is 2.52. The van der Waals surface area contributed by atoms with Crippen LogP contribution in [0.4, 0.5) is 5.82 Å². The Morgan fingerprint density at radius 2 is 1.88 bits per heavy atom. The molecule has 0 unspecified atom stereocenters. The predicted molar refractivity (Wildman–Crippen MR) is 98.4 cm³/mol. The average Bonchev–Trinajstić information content (AvgIpc) is 2.60. The fourth-order valence-corrected chi connectivity index (χ4v) is 2.31. The molecule has 0 spiro atoms. The number of aromatic nitrogens is 1. The Hall–Kier alpha value is -2.40. The third-order valence-corrected chi connectivity index (χ3v) is 3.66. The minimum Gasteiger partial charge on any atom is -0.370 e. The molecule has 0 aliphatic rings. The fourth-order valence-electron chi connectivity index (χ4n) is 2.31. The lowest BCUT2D eigenvalue weighted by Gasteiger charge is -2.10. The van der Waals surface area contributed by atoms with Crippen molar-refractivity contribution in [3.05, 3.63) is 59.8 Å². The van der Waals surface area contributed by atoms with Crippen LogP contribution < -0.4 is 10.6 Å². The molecule has 1 aromatic heterocycles. The van der Waals surface area contributed by atoms with Crippen LogP contribution in [0.15, 0.2) is 48.7 Å². The van der Waals surface area contributed by atoms with Crippen molar-refractivity contribution in [2.75, 3.05) is 39.0 Å². The summed E-state index contributed by atoms with van der Waals surface area (Å²) in [6.07, 6.45) is 3.49. The summed E-state index contributed by atoms with van der Waals surface area (Å²) < 4.78 is 0. The van der Waals surface area contributed by atoms with Crippen LogP contribution in [-0.2, 0) is 6.42 Å². The molecule has 2 rings (SSSR count). The van der Waals surface area contributed by atoms with Crippen molar-refractivity contribution >= 4 is 11.7 Å². The van der Waals surface area contributed by atoms with E-state index in [2.05, 4.69) is 46.7 Å². The largest absolute Gasteiger partial charge is 0.370 e. The van der Waals surface area contributed by atoms with E-state index in [1.165, 1.54) is 5.56 Å². The van der Waals surface area contributed by atoms with Crippen LogP contribution in [0.1, 0.15) is 22.3 Å². The Balaban J connectivity index is 1.72. The molecule has 0 fully saturated rings. The summed E-state index contributed by atoms with van der Waals surface area (Å²) in [7, 11) is 4.12. The van der Waals surface area contributed by atoms with Gasteiger partial charge in [-0.1, -0.05) is 30.3 Å². The Morgan fingerprint density at radius 3 is 2.54 bits per heavy atom. The molecule has 0 aliphatic heterocycles. The average molecular weight is 326 g/mol. The van der Waals surface area contributed by atoms with Crippen molar-refractivity contribution in [2.24, 2.45) is 0 Å². The maximum absolute atomic E-state index is 12.1. The van der Waals surface area contributed by atoms with Gasteiger partial charge in [-0.2, -0.15) is 0 Å². The van der Waals surface area contributed by atoms with Crippen LogP contribution in [0.5, 0.6) is 0 Å². The Morgan fingerprint density at radius 1 is 1.08 bits per heavy atom. The first-order valence-electron chi connectivity index (χ1n) is 8.32. The predicted octanol–water partition coefficient (Wildman–Crippen LogP) is 2.42. The molecule has 1 heterocycles. The molecule has 0 aliphatic carbocycles. The van der Waals surface area contributed by atoms with Gasteiger partial charge in [-0.3, -0.25) is 4.79 Å². The molecule has 2 N–H and O–H groups in total. The van der Waals surface area contributed by atoms with Crippen molar-refractivity contribution in [3.8, 4) is 0 Å². The van der Waals surface area contributed by atoms with Crippen molar-refractivity contribution in [3.63, 3.8) is 0 Å². The van der Waals surface area contributed by atoms with Gasteiger partial charge >= 0.3 is 0 Å². The third-order valence-electron chi connectivity index (χ3n) is 3.66. The van der Waals surface area contributed by atoms with Crippen molar-refractivity contribution in [1.29, 1.82) is 0 Å². The van der Waals surface area contributed by atoms with E-state index in [0.717, 1.165) is 31.7 Å². The third kappa shape index (κ3) is 6.38. The second kappa shape index (κ2) is 9.67. The van der Waals surface area contributed by atoms with E-state index in [1.54, 1.807) is 12.3 Å². The zero-order valence-corrected chi connectivity index (χ0v) is 14.5. The maximum Gasteiger partial charge on any atom is 0.252 e. The van der Waals surface area contributed by atoms with Crippen molar-refractivity contribution in [1.82, 2.24) is 15.2 Å². The Kier molecular flexibility index (Phi) is 7.23. The smallest absolute Gasteiger partial charge is 0.252 e. The van der Waals surface area contributed by atoms with E-state index in [9.17, 15) is 4.79 Å². The number of hydrogen-bond acceptors (Lipinski definition) is 4. The number of nitrogens with zero attached hydrogens (tertiary/aromatic N) is 2. The molecule has 0 bridgehead atoms. The van der Waals surface area contributed by atoms with Gasteiger partial charge in [0.05, 0.1) is 5.56 Å². The van der Waals surface area contributed by atoms with Gasteiger partial charge < -0.3 is 15.5 Å². The first kappa shape index (κ1) is 17.9. The number of rotatable bonds is 9. The van der Waals surface area contributed by atoms with E-state index in [1.807, 2.05) is 24.3 Å². The van der Waals surface area contributed by atoms with Crippen LogP contribution in [0, 0.1) is 0 Å². The SMILES string of the molecule is CN(C)CCCNc1ccc(C(=O)NCCc2ccccc2)cn1. The Labute approximate surface area is 144 Å². The zero-order valence-electron chi connectivity index (χ0n) is 14.5. The summed E-state index contributed by atoms with van der Waals surface area (Å²) >= 11 is 0. The van der Waals surface area contributed by atoms with Crippen LogP contribution in [0.2, 0.25) is 0 Å². The normalized spacial score (nSPS) is 10.6. The number of amides is 1. The van der Waals surface area contributed by atoms with Gasteiger partial charge in [-0.25, -0.2) is 4.98 Å². The lowest BCUT2D eigenvalue weighted by Crippen LogP contribution is -2.25. The van der Waals surface area contributed by atoms with E-state index in [4.69, 9.17) is 0 Å². The lowest BCUT2D eigenvalue weighted by atomic mass is 10.1. The quantitative estimate of drug-likeness (QED) is 0.695. The van der Waals surface area contributed by atoms with E-state index in [-0.39, 0.29) is 5.91 Å². The van der Waals surface area contributed by atoms with Crippen molar-refractivity contribution < 1.29 is 4.79 Å². The van der Waals surface area contributed by atoms with E-state index < -0.39 is 0 Å². The van der Waals surface area contributed by atoms with Gasteiger partial charge in [0.2, 0.25) is 0 Å². The van der Waals surface area contributed by atoms with Crippen molar-refractivity contribution in [2.45, 2.75) is 12.8 Å². The van der Waals surface area contributed by atoms with E-state index >= 15 is 0 Å². The molecule has 0 atom stereocenters. The molecule has 5 heteroatoms. The maximum atomic E-state index is 12.1. The number of pyridine rings is 1. The molecule has 1 aromatic carbocycles. The first-order chi connectivity index (χ1) is 11.6.